The van der Waals surface area contributed by atoms with Crippen molar-refractivity contribution in [3.63, 3.8) is 0 Å². The van der Waals surface area contributed by atoms with Gasteiger partial charge in [0, 0.05) is 31.3 Å². The number of benzene rings is 1. The maximum Gasteiger partial charge on any atom is 0.243 e. The topological polar surface area (TPSA) is 83.6 Å². The number of hydrogen-bond acceptors (Lipinski definition) is 4. The van der Waals surface area contributed by atoms with Gasteiger partial charge in [0.15, 0.2) is 0 Å². The Morgan fingerprint density at radius 2 is 2.10 bits per heavy atom. The minimum Gasteiger partial charge on any atom is -0.396 e. The molecule has 21 heavy (non-hydrogen) atoms. The molecule has 0 saturated heterocycles. The third kappa shape index (κ3) is 3.42. The zero-order valence-corrected chi connectivity index (χ0v) is 12.7. The lowest BCUT2D eigenvalue weighted by molar-refractivity contribution is 0.198. The normalized spacial score (nSPS) is 16.2. The molecule has 2 rings (SSSR count). The Hall–Kier alpha value is -1.02. The fraction of sp³-hybridized carbons (Fsp3) is 0.571. The van der Waals surface area contributed by atoms with E-state index in [4.69, 9.17) is 10.8 Å². The summed E-state index contributed by atoms with van der Waals surface area (Å²) in [6.07, 6.45) is 3.05. The number of nitrogens with zero attached hydrogens (tertiary/aromatic N) is 1. The molecule has 0 heterocycles. The zero-order chi connectivity index (χ0) is 15.5. The summed E-state index contributed by atoms with van der Waals surface area (Å²) < 4.78 is 40.4. The fourth-order valence-electron chi connectivity index (χ4n) is 2.40. The van der Waals surface area contributed by atoms with E-state index in [2.05, 4.69) is 0 Å². The highest BCUT2D eigenvalue weighted by atomic mass is 32.2. The summed E-state index contributed by atoms with van der Waals surface area (Å²) >= 11 is 0. The molecule has 0 aromatic heterocycles. The number of halogens is 1. The molecule has 0 bridgehead atoms. The first-order chi connectivity index (χ1) is 10.0. The SMILES string of the molecule is NCc1cc(S(=O)(=O)N(CCCO)C2CCC2)ccc1F. The van der Waals surface area contributed by atoms with E-state index < -0.39 is 15.8 Å². The number of aliphatic hydroxyl groups excluding tert-OH is 1. The first kappa shape index (κ1) is 16.4. The molecule has 0 atom stereocenters. The third-order valence-corrected chi connectivity index (χ3v) is 5.81. The standard InChI is InChI=1S/C14H21FN2O3S/c15-14-6-5-13(9-11(14)10-16)21(19,20)17(7-2-8-18)12-3-1-4-12/h5-6,9,12,18H,1-4,7-8,10,16H2. The van der Waals surface area contributed by atoms with Gasteiger partial charge in [-0.2, -0.15) is 4.31 Å². The molecular formula is C14H21FN2O3S. The van der Waals surface area contributed by atoms with Crippen LogP contribution in [-0.4, -0.2) is 37.0 Å². The van der Waals surface area contributed by atoms with Gasteiger partial charge in [-0.1, -0.05) is 6.42 Å². The summed E-state index contributed by atoms with van der Waals surface area (Å²) in [5.41, 5.74) is 5.62. The number of sulfonamides is 1. The molecule has 3 N–H and O–H groups in total. The van der Waals surface area contributed by atoms with Gasteiger partial charge in [0.25, 0.3) is 0 Å². The van der Waals surface area contributed by atoms with Crippen molar-refractivity contribution < 1.29 is 17.9 Å². The van der Waals surface area contributed by atoms with E-state index in [9.17, 15) is 12.8 Å². The Labute approximate surface area is 124 Å². The van der Waals surface area contributed by atoms with Crippen LogP contribution >= 0.6 is 0 Å². The Bertz CT molecular complexity index is 588. The molecule has 1 aromatic rings. The van der Waals surface area contributed by atoms with Crippen LogP contribution in [0, 0.1) is 5.82 Å². The number of nitrogens with two attached hydrogens (primary N) is 1. The van der Waals surface area contributed by atoms with E-state index in [1.165, 1.54) is 16.4 Å². The first-order valence-corrected chi connectivity index (χ1v) is 8.56. The maximum atomic E-state index is 13.5. The minimum atomic E-state index is -3.68. The Morgan fingerprint density at radius 1 is 1.38 bits per heavy atom. The second kappa shape index (κ2) is 6.83. The number of hydrogen-bond donors (Lipinski definition) is 2. The molecule has 1 fully saturated rings. The maximum absolute atomic E-state index is 13.5. The summed E-state index contributed by atoms with van der Waals surface area (Å²) in [7, 11) is -3.68. The van der Waals surface area contributed by atoms with Crippen molar-refractivity contribution in [3.05, 3.63) is 29.6 Å². The van der Waals surface area contributed by atoms with Crippen molar-refractivity contribution in [1.29, 1.82) is 0 Å². The van der Waals surface area contributed by atoms with Crippen LogP contribution in [0.25, 0.3) is 0 Å². The van der Waals surface area contributed by atoms with Gasteiger partial charge in [-0.05, 0) is 37.5 Å². The van der Waals surface area contributed by atoms with Crippen LogP contribution in [0.2, 0.25) is 0 Å². The van der Waals surface area contributed by atoms with Crippen LogP contribution in [0.5, 0.6) is 0 Å². The van der Waals surface area contributed by atoms with E-state index in [0.29, 0.717) is 6.42 Å². The highest BCUT2D eigenvalue weighted by molar-refractivity contribution is 7.89. The highest BCUT2D eigenvalue weighted by Crippen LogP contribution is 2.30. The Balaban J connectivity index is 2.32. The molecular weight excluding hydrogens is 295 g/mol. The van der Waals surface area contributed by atoms with Crippen LogP contribution in [0.3, 0.4) is 0 Å². The lowest BCUT2D eigenvalue weighted by Crippen LogP contribution is -2.44. The van der Waals surface area contributed by atoms with Gasteiger partial charge in [0.05, 0.1) is 4.90 Å². The Morgan fingerprint density at radius 3 is 2.62 bits per heavy atom. The second-order valence-corrected chi connectivity index (χ2v) is 7.13. The number of aliphatic hydroxyl groups is 1. The smallest absolute Gasteiger partial charge is 0.243 e. The average Bonchev–Trinajstić information content (AvgIpc) is 2.41. The van der Waals surface area contributed by atoms with Crippen molar-refractivity contribution in [1.82, 2.24) is 4.31 Å². The molecule has 0 radical (unpaired) electrons. The predicted octanol–water partition coefficient (Wildman–Crippen LogP) is 1.21. The van der Waals surface area contributed by atoms with Gasteiger partial charge in [0.1, 0.15) is 5.82 Å². The van der Waals surface area contributed by atoms with Crippen LogP contribution in [-0.2, 0) is 16.6 Å². The molecule has 0 amide bonds. The molecule has 7 heteroatoms. The van der Waals surface area contributed by atoms with Crippen LogP contribution in [0.1, 0.15) is 31.2 Å². The van der Waals surface area contributed by atoms with Gasteiger partial charge in [0.2, 0.25) is 10.0 Å². The second-order valence-electron chi connectivity index (χ2n) is 5.23. The van der Waals surface area contributed by atoms with E-state index in [1.54, 1.807) is 0 Å². The van der Waals surface area contributed by atoms with Crippen molar-refractivity contribution in [3.8, 4) is 0 Å². The van der Waals surface area contributed by atoms with Crippen molar-refractivity contribution >= 4 is 10.0 Å². The van der Waals surface area contributed by atoms with Gasteiger partial charge >= 0.3 is 0 Å². The third-order valence-electron chi connectivity index (χ3n) is 3.86. The van der Waals surface area contributed by atoms with Gasteiger partial charge in [-0.25, -0.2) is 12.8 Å². The summed E-state index contributed by atoms with van der Waals surface area (Å²) in [4.78, 5) is 0.0641. The van der Waals surface area contributed by atoms with E-state index in [1.807, 2.05) is 0 Å². The summed E-state index contributed by atoms with van der Waals surface area (Å²) in [5.74, 6) is -0.498. The van der Waals surface area contributed by atoms with Crippen molar-refractivity contribution in [2.75, 3.05) is 13.2 Å². The molecule has 1 saturated carbocycles. The molecule has 1 aromatic carbocycles. The minimum absolute atomic E-state index is 0.0204. The molecule has 0 aliphatic heterocycles. The van der Waals surface area contributed by atoms with Gasteiger partial charge < -0.3 is 10.8 Å². The van der Waals surface area contributed by atoms with Crippen LogP contribution in [0.15, 0.2) is 23.1 Å². The summed E-state index contributed by atoms with van der Waals surface area (Å²) in [6, 6.07) is 3.69. The van der Waals surface area contributed by atoms with Crippen molar-refractivity contribution in [2.45, 2.75) is 43.2 Å². The lowest BCUT2D eigenvalue weighted by Gasteiger charge is -2.36. The molecule has 0 unspecified atom stereocenters. The molecule has 1 aliphatic carbocycles. The lowest BCUT2D eigenvalue weighted by atomic mass is 9.93. The molecule has 0 spiro atoms. The molecule has 5 nitrogen and oxygen atoms in total. The Kier molecular flexibility index (Phi) is 5.32. The van der Waals surface area contributed by atoms with Crippen LogP contribution < -0.4 is 5.73 Å². The largest absolute Gasteiger partial charge is 0.396 e. The molecule has 118 valence electrons. The first-order valence-electron chi connectivity index (χ1n) is 7.12. The van der Waals surface area contributed by atoms with Crippen LogP contribution in [0.4, 0.5) is 4.39 Å². The van der Waals surface area contributed by atoms with Gasteiger partial charge in [-0.3, -0.25) is 0 Å². The van der Waals surface area contributed by atoms with Crippen molar-refractivity contribution in [2.24, 2.45) is 5.73 Å². The quantitative estimate of drug-likeness (QED) is 0.792. The van der Waals surface area contributed by atoms with E-state index >= 15 is 0 Å². The van der Waals surface area contributed by atoms with Gasteiger partial charge in [-0.15, -0.1) is 0 Å². The monoisotopic (exact) mass is 316 g/mol. The summed E-state index contributed by atoms with van der Waals surface area (Å²) in [5, 5.41) is 8.95. The predicted molar refractivity (Wildman–Crippen MR) is 77.5 cm³/mol. The molecule has 1 aliphatic rings. The fourth-order valence-corrected chi connectivity index (χ4v) is 4.18. The average molecular weight is 316 g/mol. The summed E-state index contributed by atoms with van der Waals surface area (Å²) in [6.45, 7) is 0.171. The van der Waals surface area contributed by atoms with E-state index in [-0.39, 0.29) is 36.2 Å². The highest BCUT2D eigenvalue weighted by Gasteiger charge is 2.34. The van der Waals surface area contributed by atoms with E-state index in [0.717, 1.165) is 25.3 Å². The number of rotatable bonds is 7. The zero-order valence-electron chi connectivity index (χ0n) is 11.8.